The van der Waals surface area contributed by atoms with Crippen LogP contribution in [0, 0.1) is 0 Å². The number of carbonyl (C=O) groups is 1. The van der Waals surface area contributed by atoms with Gasteiger partial charge >= 0.3 is 0 Å². The minimum Gasteiger partial charge on any atom is -0.382 e. The molecular formula is C24H32N2O. The average molecular weight is 365 g/mol. The van der Waals surface area contributed by atoms with Gasteiger partial charge in [-0.2, -0.15) is 0 Å². The fourth-order valence-corrected chi connectivity index (χ4v) is 3.48. The Kier molecular flexibility index (Phi) is 5.07. The van der Waals surface area contributed by atoms with Crippen molar-refractivity contribution in [2.45, 2.75) is 70.8 Å². The van der Waals surface area contributed by atoms with Gasteiger partial charge < -0.3 is 11.1 Å². The van der Waals surface area contributed by atoms with Crippen LogP contribution in [0.2, 0.25) is 0 Å². The molecule has 0 radical (unpaired) electrons. The quantitative estimate of drug-likeness (QED) is 0.742. The first-order chi connectivity index (χ1) is 12.5. The van der Waals surface area contributed by atoms with Crippen molar-refractivity contribution in [2.75, 3.05) is 5.32 Å². The van der Waals surface area contributed by atoms with E-state index >= 15 is 0 Å². The van der Waals surface area contributed by atoms with Crippen LogP contribution >= 0.6 is 0 Å². The second kappa shape index (κ2) is 7.03. The number of amides is 1. The molecule has 3 rings (SSSR count). The number of rotatable bonds is 6. The summed E-state index contributed by atoms with van der Waals surface area (Å²) >= 11 is 0. The van der Waals surface area contributed by atoms with Crippen LogP contribution in [0.5, 0.6) is 0 Å². The summed E-state index contributed by atoms with van der Waals surface area (Å²) in [4.78, 5) is 11.6. The van der Waals surface area contributed by atoms with Crippen LogP contribution in [-0.2, 0) is 17.3 Å². The fraction of sp³-hybridized carbons (Fsp3) is 0.458. The molecular weight excluding hydrogens is 332 g/mol. The van der Waals surface area contributed by atoms with Gasteiger partial charge in [0.2, 0.25) is 5.91 Å². The molecule has 3 heteroatoms. The van der Waals surface area contributed by atoms with Crippen LogP contribution in [0.25, 0.3) is 0 Å². The number of hydrogen-bond acceptors (Lipinski definition) is 2. The first-order valence-corrected chi connectivity index (χ1v) is 9.86. The Morgan fingerprint density at radius 3 is 2.33 bits per heavy atom. The van der Waals surface area contributed by atoms with Gasteiger partial charge in [-0.3, -0.25) is 4.79 Å². The topological polar surface area (TPSA) is 55.1 Å². The summed E-state index contributed by atoms with van der Waals surface area (Å²) in [6.45, 7) is 11.2. The van der Waals surface area contributed by atoms with E-state index in [1.807, 2.05) is 12.1 Å². The van der Waals surface area contributed by atoms with Gasteiger partial charge in [0.25, 0.3) is 0 Å². The third-order valence-corrected chi connectivity index (χ3v) is 5.38. The average Bonchev–Trinajstić information content (AvgIpc) is 3.37. The van der Waals surface area contributed by atoms with E-state index in [-0.39, 0.29) is 16.7 Å². The predicted octanol–water partition coefficient (Wildman–Crippen LogP) is 5.18. The molecule has 3 N–H and O–H groups in total. The molecule has 2 aromatic rings. The van der Waals surface area contributed by atoms with Gasteiger partial charge in [-0.25, -0.2) is 0 Å². The van der Waals surface area contributed by atoms with E-state index in [1.165, 1.54) is 29.7 Å². The SMILES string of the molecule is CC(C)(C)c1cc(CC(C)(C)c2cccc(C(N)=O)c2)cc(NC2CC2)c1. The minimum absolute atomic E-state index is 0.0984. The Morgan fingerprint density at radius 1 is 1.04 bits per heavy atom. The van der Waals surface area contributed by atoms with Crippen molar-refractivity contribution in [1.29, 1.82) is 0 Å². The molecule has 1 aliphatic carbocycles. The molecule has 0 unspecified atom stereocenters. The molecule has 1 saturated carbocycles. The summed E-state index contributed by atoms with van der Waals surface area (Å²) in [6, 6.07) is 15.3. The van der Waals surface area contributed by atoms with Gasteiger partial charge in [0.1, 0.15) is 0 Å². The van der Waals surface area contributed by atoms with Crippen molar-refractivity contribution < 1.29 is 4.79 Å². The maximum absolute atomic E-state index is 11.6. The van der Waals surface area contributed by atoms with E-state index in [4.69, 9.17) is 5.73 Å². The number of carbonyl (C=O) groups excluding carboxylic acids is 1. The first-order valence-electron chi connectivity index (χ1n) is 9.86. The highest BCUT2D eigenvalue weighted by Crippen LogP contribution is 2.34. The third-order valence-electron chi connectivity index (χ3n) is 5.38. The van der Waals surface area contributed by atoms with Crippen molar-refractivity contribution in [2.24, 2.45) is 5.73 Å². The number of nitrogens with one attached hydrogen (secondary N) is 1. The van der Waals surface area contributed by atoms with Crippen LogP contribution < -0.4 is 11.1 Å². The Balaban J connectivity index is 1.92. The Hall–Kier alpha value is -2.29. The molecule has 1 fully saturated rings. The van der Waals surface area contributed by atoms with Crippen molar-refractivity contribution in [3.8, 4) is 0 Å². The van der Waals surface area contributed by atoms with E-state index in [0.29, 0.717) is 11.6 Å². The van der Waals surface area contributed by atoms with E-state index in [2.05, 4.69) is 64.2 Å². The van der Waals surface area contributed by atoms with Crippen LogP contribution in [0.1, 0.15) is 74.5 Å². The number of benzene rings is 2. The zero-order chi connectivity index (χ0) is 19.8. The highest BCUT2D eigenvalue weighted by Gasteiger charge is 2.25. The summed E-state index contributed by atoms with van der Waals surface area (Å²) in [5.74, 6) is -0.377. The van der Waals surface area contributed by atoms with Crippen molar-refractivity contribution in [1.82, 2.24) is 0 Å². The van der Waals surface area contributed by atoms with E-state index in [1.54, 1.807) is 6.07 Å². The van der Waals surface area contributed by atoms with Gasteiger partial charge in [0.15, 0.2) is 0 Å². The lowest BCUT2D eigenvalue weighted by atomic mass is 9.77. The number of primary amides is 1. The molecule has 0 atom stereocenters. The standard InChI is InChI=1S/C24H32N2O/c1-23(2,3)19-11-16(12-21(14-19)26-20-9-10-20)15-24(4,5)18-8-6-7-17(13-18)22(25)27/h6-8,11-14,20,26H,9-10,15H2,1-5H3,(H2,25,27). The molecule has 0 aromatic heterocycles. The molecule has 0 saturated heterocycles. The zero-order valence-electron chi connectivity index (χ0n) is 17.2. The Labute approximate surface area is 163 Å². The number of anilines is 1. The molecule has 0 spiro atoms. The van der Waals surface area contributed by atoms with E-state index in [9.17, 15) is 4.79 Å². The third kappa shape index (κ3) is 4.91. The molecule has 0 bridgehead atoms. The molecule has 27 heavy (non-hydrogen) atoms. The normalized spacial score (nSPS) is 14.9. The molecule has 1 amide bonds. The predicted molar refractivity (Wildman–Crippen MR) is 113 cm³/mol. The van der Waals surface area contributed by atoms with Gasteiger partial charge in [-0.1, -0.05) is 52.8 Å². The van der Waals surface area contributed by atoms with Gasteiger partial charge in [-0.05, 0) is 71.0 Å². The summed E-state index contributed by atoms with van der Waals surface area (Å²) < 4.78 is 0. The highest BCUT2D eigenvalue weighted by atomic mass is 16.1. The van der Waals surface area contributed by atoms with Crippen molar-refractivity contribution in [3.05, 3.63) is 64.7 Å². The molecule has 144 valence electrons. The van der Waals surface area contributed by atoms with Gasteiger partial charge in [0, 0.05) is 17.3 Å². The molecule has 3 nitrogen and oxygen atoms in total. The van der Waals surface area contributed by atoms with Crippen LogP contribution in [0.15, 0.2) is 42.5 Å². The molecule has 2 aromatic carbocycles. The lowest BCUT2D eigenvalue weighted by molar-refractivity contribution is 0.1000. The van der Waals surface area contributed by atoms with Gasteiger partial charge in [-0.15, -0.1) is 0 Å². The van der Waals surface area contributed by atoms with E-state index < -0.39 is 0 Å². The first kappa shape index (κ1) is 19.5. The number of hydrogen-bond donors (Lipinski definition) is 2. The van der Waals surface area contributed by atoms with Crippen LogP contribution in [0.4, 0.5) is 5.69 Å². The summed E-state index contributed by atoms with van der Waals surface area (Å²) in [5.41, 5.74) is 11.1. The summed E-state index contributed by atoms with van der Waals surface area (Å²) in [5, 5.41) is 3.66. The second-order valence-corrected chi connectivity index (χ2v) is 9.59. The number of nitrogens with two attached hydrogens (primary N) is 1. The fourth-order valence-electron chi connectivity index (χ4n) is 3.48. The highest BCUT2D eigenvalue weighted by molar-refractivity contribution is 5.92. The zero-order valence-corrected chi connectivity index (χ0v) is 17.2. The summed E-state index contributed by atoms with van der Waals surface area (Å²) in [6.07, 6.45) is 3.43. The second-order valence-electron chi connectivity index (χ2n) is 9.59. The lowest BCUT2D eigenvalue weighted by Gasteiger charge is -2.28. The monoisotopic (exact) mass is 364 g/mol. The van der Waals surface area contributed by atoms with Crippen LogP contribution in [0.3, 0.4) is 0 Å². The van der Waals surface area contributed by atoms with Crippen molar-refractivity contribution >= 4 is 11.6 Å². The molecule has 1 aliphatic rings. The Bertz CT molecular complexity index is 842. The Morgan fingerprint density at radius 2 is 1.74 bits per heavy atom. The van der Waals surface area contributed by atoms with Crippen molar-refractivity contribution in [3.63, 3.8) is 0 Å². The maximum Gasteiger partial charge on any atom is 0.248 e. The van der Waals surface area contributed by atoms with E-state index in [0.717, 1.165) is 12.0 Å². The molecule has 0 heterocycles. The maximum atomic E-state index is 11.6. The molecule has 0 aliphatic heterocycles. The largest absolute Gasteiger partial charge is 0.382 e. The smallest absolute Gasteiger partial charge is 0.248 e. The van der Waals surface area contributed by atoms with Gasteiger partial charge in [0.05, 0.1) is 0 Å². The summed E-state index contributed by atoms with van der Waals surface area (Å²) in [7, 11) is 0. The van der Waals surface area contributed by atoms with Crippen LogP contribution in [-0.4, -0.2) is 11.9 Å². The lowest BCUT2D eigenvalue weighted by Crippen LogP contribution is -2.22. The minimum atomic E-state index is -0.377.